The van der Waals surface area contributed by atoms with Crippen molar-refractivity contribution in [2.45, 2.75) is 53.4 Å². The van der Waals surface area contributed by atoms with Crippen molar-refractivity contribution in [3.05, 3.63) is 23.5 Å². The van der Waals surface area contributed by atoms with Crippen LogP contribution in [-0.4, -0.2) is 25.2 Å². The Morgan fingerprint density at radius 2 is 1.39 bits per heavy atom. The highest BCUT2D eigenvalue weighted by atomic mass is 16.5. The van der Waals surface area contributed by atoms with Crippen molar-refractivity contribution in [2.75, 3.05) is 13.2 Å². The fourth-order valence-corrected chi connectivity index (χ4v) is 2.02. The van der Waals surface area contributed by atoms with Gasteiger partial charge in [0.15, 0.2) is 0 Å². The average Bonchev–Trinajstić information content (AvgIpc) is 2.45. The van der Waals surface area contributed by atoms with Crippen LogP contribution in [0.2, 0.25) is 0 Å². The van der Waals surface area contributed by atoms with E-state index >= 15 is 0 Å². The minimum atomic E-state index is -0.483. The quantitative estimate of drug-likeness (QED) is 0.472. The number of carbonyl (C=O) groups excluding carboxylic acids is 2. The molecule has 0 saturated carbocycles. The van der Waals surface area contributed by atoms with E-state index in [-0.39, 0.29) is 13.2 Å². The standard InChI is InChI=1S/C17H30N2O4/c1-5-7-8-17(6-2,11-22-15(20)9-13(3)18)12-23-16(21)10-14(4)19/h9-10H,5-8,11-12,18-19H2,1-4H3. The molecular weight excluding hydrogens is 296 g/mol. The molecular formula is C17H30N2O4. The summed E-state index contributed by atoms with van der Waals surface area (Å²) in [7, 11) is 0. The summed E-state index contributed by atoms with van der Waals surface area (Å²) < 4.78 is 10.6. The molecule has 6 nitrogen and oxygen atoms in total. The Bertz CT molecular complexity index is 414. The maximum atomic E-state index is 11.7. The van der Waals surface area contributed by atoms with Gasteiger partial charge in [-0.2, -0.15) is 0 Å². The van der Waals surface area contributed by atoms with Gasteiger partial charge in [0.1, 0.15) is 13.2 Å². The second kappa shape index (κ2) is 10.7. The number of allylic oxidation sites excluding steroid dienone is 2. The predicted octanol–water partition coefficient (Wildman–Crippen LogP) is 2.38. The number of esters is 2. The van der Waals surface area contributed by atoms with Crippen molar-refractivity contribution >= 4 is 11.9 Å². The number of hydrogen-bond acceptors (Lipinski definition) is 6. The third-order valence-electron chi connectivity index (χ3n) is 3.54. The normalized spacial score (nSPS) is 15.0. The summed E-state index contributed by atoms with van der Waals surface area (Å²) in [6.07, 6.45) is 5.98. The number of ether oxygens (including phenoxy) is 2. The number of carbonyl (C=O) groups is 2. The minimum absolute atomic E-state index is 0.185. The van der Waals surface area contributed by atoms with E-state index in [4.69, 9.17) is 20.9 Å². The third-order valence-corrected chi connectivity index (χ3v) is 3.54. The summed E-state index contributed by atoms with van der Waals surface area (Å²) in [5, 5.41) is 0. The molecule has 0 spiro atoms. The molecule has 0 atom stereocenters. The van der Waals surface area contributed by atoms with Crippen molar-refractivity contribution in [1.82, 2.24) is 0 Å². The molecule has 0 fully saturated rings. The van der Waals surface area contributed by atoms with Crippen LogP contribution < -0.4 is 11.5 Å². The zero-order valence-electron chi connectivity index (χ0n) is 14.7. The molecule has 0 aliphatic heterocycles. The van der Waals surface area contributed by atoms with Crippen molar-refractivity contribution in [3.63, 3.8) is 0 Å². The Kier molecular flexibility index (Phi) is 9.78. The molecule has 132 valence electrons. The number of rotatable bonds is 10. The summed E-state index contributed by atoms with van der Waals surface area (Å²) in [6.45, 7) is 7.68. The Balaban J connectivity index is 4.86. The van der Waals surface area contributed by atoms with Crippen molar-refractivity contribution in [3.8, 4) is 0 Å². The molecule has 0 amide bonds. The van der Waals surface area contributed by atoms with Gasteiger partial charge in [0.25, 0.3) is 0 Å². The molecule has 0 aromatic heterocycles. The Morgan fingerprint density at radius 3 is 1.70 bits per heavy atom. The molecule has 4 N–H and O–H groups in total. The van der Waals surface area contributed by atoms with Crippen LogP contribution in [-0.2, 0) is 19.1 Å². The first-order valence-electron chi connectivity index (χ1n) is 7.95. The van der Waals surface area contributed by atoms with Crippen LogP contribution in [0.3, 0.4) is 0 Å². The van der Waals surface area contributed by atoms with E-state index in [1.807, 2.05) is 6.92 Å². The SMILES string of the molecule is CCCCC(CC)(COC(=O)C=C(C)N)COC(=O)C=C(C)N. The highest BCUT2D eigenvalue weighted by molar-refractivity contribution is 5.83. The Hall–Kier alpha value is -1.98. The van der Waals surface area contributed by atoms with Gasteiger partial charge in [-0.15, -0.1) is 0 Å². The van der Waals surface area contributed by atoms with Gasteiger partial charge >= 0.3 is 11.9 Å². The summed E-state index contributed by atoms with van der Waals surface area (Å²) in [5.74, 6) is -0.966. The van der Waals surface area contributed by atoms with Gasteiger partial charge in [-0.1, -0.05) is 26.7 Å². The number of nitrogens with two attached hydrogens (primary N) is 2. The summed E-state index contributed by atoms with van der Waals surface area (Å²) in [6, 6.07) is 0. The zero-order chi connectivity index (χ0) is 17.9. The van der Waals surface area contributed by atoms with E-state index in [1.165, 1.54) is 12.2 Å². The van der Waals surface area contributed by atoms with Crippen LogP contribution in [0.1, 0.15) is 53.4 Å². The van der Waals surface area contributed by atoms with Gasteiger partial charge in [0, 0.05) is 29.0 Å². The molecule has 0 saturated heterocycles. The molecule has 23 heavy (non-hydrogen) atoms. The summed E-state index contributed by atoms with van der Waals surface area (Å²) in [4.78, 5) is 23.3. The molecule has 0 rings (SSSR count). The first kappa shape index (κ1) is 21.0. The van der Waals surface area contributed by atoms with Gasteiger partial charge in [-0.05, 0) is 26.7 Å². The number of hydrogen-bond donors (Lipinski definition) is 2. The van der Waals surface area contributed by atoms with Gasteiger partial charge in [-0.25, -0.2) is 9.59 Å². The molecule has 0 radical (unpaired) electrons. The second-order valence-corrected chi connectivity index (χ2v) is 5.95. The van der Waals surface area contributed by atoms with E-state index in [0.29, 0.717) is 11.4 Å². The Labute approximate surface area is 138 Å². The zero-order valence-corrected chi connectivity index (χ0v) is 14.7. The van der Waals surface area contributed by atoms with E-state index < -0.39 is 17.4 Å². The number of unbranched alkanes of at least 4 members (excludes halogenated alkanes) is 1. The maximum Gasteiger partial charge on any atom is 0.332 e. The molecule has 0 heterocycles. The molecule has 0 aromatic carbocycles. The largest absolute Gasteiger partial charge is 0.462 e. The van der Waals surface area contributed by atoms with Crippen LogP contribution in [0.25, 0.3) is 0 Å². The molecule has 0 aromatic rings. The molecule has 0 unspecified atom stereocenters. The predicted molar refractivity (Wildman–Crippen MR) is 90.1 cm³/mol. The molecule has 0 aliphatic rings. The van der Waals surface area contributed by atoms with Gasteiger partial charge < -0.3 is 20.9 Å². The molecule has 6 heteroatoms. The van der Waals surface area contributed by atoms with Gasteiger partial charge in [0.2, 0.25) is 0 Å². The first-order valence-corrected chi connectivity index (χ1v) is 7.95. The third kappa shape index (κ3) is 9.60. The lowest BCUT2D eigenvalue weighted by Crippen LogP contribution is -2.34. The van der Waals surface area contributed by atoms with E-state index in [2.05, 4.69) is 6.92 Å². The van der Waals surface area contributed by atoms with Crippen LogP contribution in [0.15, 0.2) is 23.5 Å². The summed E-state index contributed by atoms with van der Waals surface area (Å²) >= 11 is 0. The van der Waals surface area contributed by atoms with E-state index in [0.717, 1.165) is 25.7 Å². The van der Waals surface area contributed by atoms with Crippen LogP contribution in [0.4, 0.5) is 0 Å². The maximum absolute atomic E-state index is 11.7. The van der Waals surface area contributed by atoms with E-state index in [1.54, 1.807) is 13.8 Å². The highest BCUT2D eigenvalue weighted by Crippen LogP contribution is 2.30. The summed E-state index contributed by atoms with van der Waals surface area (Å²) in [5.41, 5.74) is 11.3. The first-order chi connectivity index (χ1) is 10.7. The second-order valence-electron chi connectivity index (χ2n) is 5.95. The fourth-order valence-electron chi connectivity index (χ4n) is 2.02. The van der Waals surface area contributed by atoms with Crippen molar-refractivity contribution < 1.29 is 19.1 Å². The topological polar surface area (TPSA) is 105 Å². The van der Waals surface area contributed by atoms with Crippen molar-refractivity contribution in [1.29, 1.82) is 0 Å². The van der Waals surface area contributed by atoms with Crippen LogP contribution >= 0.6 is 0 Å². The Morgan fingerprint density at radius 1 is 0.957 bits per heavy atom. The lowest BCUT2D eigenvalue weighted by molar-refractivity contribution is -0.148. The van der Waals surface area contributed by atoms with Crippen LogP contribution in [0, 0.1) is 5.41 Å². The highest BCUT2D eigenvalue weighted by Gasteiger charge is 2.31. The fraction of sp³-hybridized carbons (Fsp3) is 0.647. The van der Waals surface area contributed by atoms with E-state index in [9.17, 15) is 9.59 Å². The molecule has 0 bridgehead atoms. The lowest BCUT2D eigenvalue weighted by Gasteiger charge is -2.31. The van der Waals surface area contributed by atoms with Gasteiger partial charge in [-0.3, -0.25) is 0 Å². The van der Waals surface area contributed by atoms with Gasteiger partial charge in [0.05, 0.1) is 0 Å². The average molecular weight is 326 g/mol. The molecule has 0 aliphatic carbocycles. The van der Waals surface area contributed by atoms with Crippen LogP contribution in [0.5, 0.6) is 0 Å². The smallest absolute Gasteiger partial charge is 0.332 e. The monoisotopic (exact) mass is 326 g/mol. The lowest BCUT2D eigenvalue weighted by atomic mass is 9.81. The van der Waals surface area contributed by atoms with Crippen molar-refractivity contribution in [2.24, 2.45) is 16.9 Å². The minimum Gasteiger partial charge on any atom is -0.462 e.